The minimum absolute atomic E-state index is 0.0155. The Morgan fingerprint density at radius 3 is 1.35 bits per heavy atom. The largest absolute Gasteiger partial charge is 0.508 e. The summed E-state index contributed by atoms with van der Waals surface area (Å²) in [6.07, 6.45) is -3.15. The van der Waals surface area contributed by atoms with Crippen molar-refractivity contribution in [1.29, 1.82) is 0 Å². The molecule has 0 spiro atoms. The minimum Gasteiger partial charge on any atom is -0.508 e. The number of benzene rings is 4. The molecular formula is C30H24F4O6. The molecule has 4 aromatic rings. The Morgan fingerprint density at radius 2 is 0.950 bits per heavy atom. The van der Waals surface area contributed by atoms with Gasteiger partial charge in [0.05, 0.1) is 12.2 Å². The van der Waals surface area contributed by atoms with Crippen molar-refractivity contribution in [3.63, 3.8) is 0 Å². The summed E-state index contributed by atoms with van der Waals surface area (Å²) in [5.41, 5.74) is 1.03. The highest BCUT2D eigenvalue weighted by Crippen LogP contribution is 2.44. The van der Waals surface area contributed by atoms with Gasteiger partial charge in [0.15, 0.2) is 23.3 Å². The molecule has 0 aliphatic carbocycles. The van der Waals surface area contributed by atoms with E-state index >= 15 is 0 Å². The number of aromatic hydroxyl groups is 2. The molecule has 6 rings (SSSR count). The molecule has 2 aliphatic rings. The van der Waals surface area contributed by atoms with E-state index in [2.05, 4.69) is 0 Å². The zero-order valence-corrected chi connectivity index (χ0v) is 20.8. The first kappa shape index (κ1) is 27.3. The standard InChI is InChI=1S/2C15H12F2O3/c2*16-11-3-1-2-9(15(11)17)14-7-12(19)10-6-8(18)4-5-13(10)20-14/h2*1-6,12,14,18-19H,7H2. The van der Waals surface area contributed by atoms with Crippen LogP contribution in [0, 0.1) is 23.3 Å². The van der Waals surface area contributed by atoms with Gasteiger partial charge in [-0.05, 0) is 48.5 Å². The Morgan fingerprint density at radius 1 is 0.550 bits per heavy atom. The van der Waals surface area contributed by atoms with Gasteiger partial charge < -0.3 is 29.9 Å². The molecule has 0 amide bonds. The van der Waals surface area contributed by atoms with E-state index in [1.165, 1.54) is 60.7 Å². The average molecular weight is 557 g/mol. The first-order valence-electron chi connectivity index (χ1n) is 12.4. The first-order valence-corrected chi connectivity index (χ1v) is 12.4. The molecule has 2 heterocycles. The number of fused-ring (bicyclic) bond motifs is 2. The highest BCUT2D eigenvalue weighted by molar-refractivity contribution is 5.44. The molecule has 4 aromatic carbocycles. The van der Waals surface area contributed by atoms with E-state index < -0.39 is 47.7 Å². The van der Waals surface area contributed by atoms with Crippen molar-refractivity contribution >= 4 is 0 Å². The lowest BCUT2D eigenvalue weighted by atomic mass is 9.94. The third kappa shape index (κ3) is 5.41. The van der Waals surface area contributed by atoms with E-state index in [0.29, 0.717) is 22.6 Å². The van der Waals surface area contributed by atoms with Gasteiger partial charge in [-0.25, -0.2) is 17.6 Å². The second-order valence-corrected chi connectivity index (χ2v) is 9.45. The van der Waals surface area contributed by atoms with Gasteiger partial charge in [-0.15, -0.1) is 0 Å². The Balaban J connectivity index is 0.000000161. The number of phenolic OH excluding ortho intramolecular Hbond substituents is 2. The number of hydrogen-bond donors (Lipinski definition) is 4. The predicted octanol–water partition coefficient (Wildman–Crippen LogP) is 6.46. The fourth-order valence-electron chi connectivity index (χ4n) is 4.79. The van der Waals surface area contributed by atoms with Crippen LogP contribution in [0.5, 0.6) is 23.0 Å². The molecule has 0 bridgehead atoms. The SMILES string of the molecule is Oc1ccc2c(c1)C(O)CC(c1cccc(F)c1F)O2.Oc1ccc2c(c1)C(O)CC(c1cccc(F)c1F)O2. The van der Waals surface area contributed by atoms with Gasteiger partial charge in [0, 0.05) is 35.1 Å². The van der Waals surface area contributed by atoms with E-state index in [9.17, 15) is 38.0 Å². The van der Waals surface area contributed by atoms with Crippen LogP contribution in [0.2, 0.25) is 0 Å². The number of rotatable bonds is 2. The summed E-state index contributed by atoms with van der Waals surface area (Å²) in [4.78, 5) is 0. The molecule has 2 aliphatic heterocycles. The first-order chi connectivity index (χ1) is 19.1. The zero-order valence-electron chi connectivity index (χ0n) is 20.8. The van der Waals surface area contributed by atoms with Crippen LogP contribution < -0.4 is 9.47 Å². The lowest BCUT2D eigenvalue weighted by Gasteiger charge is -2.30. The van der Waals surface area contributed by atoms with Crippen molar-refractivity contribution < 1.29 is 47.5 Å². The third-order valence-corrected chi connectivity index (χ3v) is 6.77. The van der Waals surface area contributed by atoms with Crippen molar-refractivity contribution in [2.45, 2.75) is 37.3 Å². The van der Waals surface area contributed by atoms with Gasteiger partial charge in [0.2, 0.25) is 0 Å². The van der Waals surface area contributed by atoms with E-state index in [1.54, 1.807) is 0 Å². The summed E-state index contributed by atoms with van der Waals surface area (Å²) in [6.45, 7) is 0. The van der Waals surface area contributed by atoms with Crippen molar-refractivity contribution in [1.82, 2.24) is 0 Å². The Kier molecular flexibility index (Phi) is 7.55. The summed E-state index contributed by atoms with van der Waals surface area (Å²) < 4.78 is 65.3. The van der Waals surface area contributed by atoms with E-state index in [4.69, 9.17) is 9.47 Å². The number of hydrogen-bond acceptors (Lipinski definition) is 6. The molecule has 40 heavy (non-hydrogen) atoms. The molecule has 0 saturated carbocycles. The highest BCUT2D eigenvalue weighted by atomic mass is 19.2. The molecule has 0 aromatic heterocycles. The smallest absolute Gasteiger partial charge is 0.165 e. The fraction of sp³-hybridized carbons (Fsp3) is 0.200. The summed E-state index contributed by atoms with van der Waals surface area (Å²) in [7, 11) is 0. The van der Waals surface area contributed by atoms with Gasteiger partial charge in [-0.1, -0.05) is 24.3 Å². The molecule has 4 N–H and O–H groups in total. The van der Waals surface area contributed by atoms with Crippen LogP contribution in [0.3, 0.4) is 0 Å². The lowest BCUT2D eigenvalue weighted by Crippen LogP contribution is -2.20. The van der Waals surface area contributed by atoms with Crippen LogP contribution in [0.15, 0.2) is 72.8 Å². The van der Waals surface area contributed by atoms with Gasteiger partial charge in [-0.3, -0.25) is 0 Å². The number of phenols is 2. The maximum atomic E-state index is 13.8. The second-order valence-electron chi connectivity index (χ2n) is 9.45. The monoisotopic (exact) mass is 556 g/mol. The molecule has 4 atom stereocenters. The molecule has 0 fully saturated rings. The Hall–Kier alpha value is -4.28. The highest BCUT2D eigenvalue weighted by Gasteiger charge is 2.32. The summed E-state index contributed by atoms with van der Waals surface area (Å²) in [5.74, 6) is -3.08. The van der Waals surface area contributed by atoms with Crippen molar-refractivity contribution in [2.75, 3.05) is 0 Å². The molecule has 208 valence electrons. The predicted molar refractivity (Wildman–Crippen MR) is 135 cm³/mol. The quantitative estimate of drug-likeness (QED) is 0.212. The second kappa shape index (κ2) is 11.1. The molecule has 0 saturated heterocycles. The molecule has 10 heteroatoms. The third-order valence-electron chi connectivity index (χ3n) is 6.77. The summed E-state index contributed by atoms with van der Waals surface area (Å²) in [6, 6.07) is 16.3. The van der Waals surface area contributed by atoms with Gasteiger partial charge in [0.1, 0.15) is 35.2 Å². The minimum atomic E-state index is -0.966. The summed E-state index contributed by atoms with van der Waals surface area (Å²) >= 11 is 0. The fourth-order valence-corrected chi connectivity index (χ4v) is 4.79. The maximum absolute atomic E-state index is 13.8. The Bertz CT molecular complexity index is 1430. The molecular weight excluding hydrogens is 532 g/mol. The van der Waals surface area contributed by atoms with Crippen LogP contribution in [0.4, 0.5) is 17.6 Å². The molecule has 0 radical (unpaired) electrons. The van der Waals surface area contributed by atoms with Crippen molar-refractivity contribution in [2.24, 2.45) is 0 Å². The number of ether oxygens (including phenoxy) is 2. The lowest BCUT2D eigenvalue weighted by molar-refractivity contribution is 0.0630. The average Bonchev–Trinajstić information content (AvgIpc) is 2.93. The normalized spacial score (nSPS) is 21.1. The van der Waals surface area contributed by atoms with Gasteiger partial charge >= 0.3 is 0 Å². The molecule has 4 unspecified atom stereocenters. The van der Waals surface area contributed by atoms with Crippen LogP contribution in [0.25, 0.3) is 0 Å². The molecule has 6 nitrogen and oxygen atoms in total. The van der Waals surface area contributed by atoms with Gasteiger partial charge in [0.25, 0.3) is 0 Å². The number of aliphatic hydroxyl groups is 2. The van der Waals surface area contributed by atoms with E-state index in [0.717, 1.165) is 12.1 Å². The van der Waals surface area contributed by atoms with E-state index in [1.807, 2.05) is 0 Å². The Labute approximate surface area is 226 Å². The number of aliphatic hydroxyl groups excluding tert-OH is 2. The summed E-state index contributed by atoms with van der Waals surface area (Å²) in [5, 5.41) is 38.9. The van der Waals surface area contributed by atoms with Crippen LogP contribution >= 0.6 is 0 Å². The maximum Gasteiger partial charge on any atom is 0.165 e. The van der Waals surface area contributed by atoms with Crippen LogP contribution in [-0.4, -0.2) is 20.4 Å². The van der Waals surface area contributed by atoms with Crippen molar-refractivity contribution in [3.8, 4) is 23.0 Å². The van der Waals surface area contributed by atoms with Crippen molar-refractivity contribution in [3.05, 3.63) is 118 Å². The van der Waals surface area contributed by atoms with Crippen LogP contribution in [0.1, 0.15) is 59.5 Å². The van der Waals surface area contributed by atoms with Crippen LogP contribution in [-0.2, 0) is 0 Å². The number of halogens is 4. The van der Waals surface area contributed by atoms with E-state index in [-0.39, 0.29) is 35.5 Å². The zero-order chi connectivity index (χ0) is 28.6. The van der Waals surface area contributed by atoms with Gasteiger partial charge in [-0.2, -0.15) is 0 Å². The topological polar surface area (TPSA) is 99.4 Å².